The summed E-state index contributed by atoms with van der Waals surface area (Å²) in [6, 6.07) is 9.38. The predicted molar refractivity (Wildman–Crippen MR) is 144 cm³/mol. The van der Waals surface area contributed by atoms with Crippen LogP contribution in [0.1, 0.15) is 6.92 Å². The number of alkyl halides is 6. The first-order valence-electron chi connectivity index (χ1n) is 12.3. The lowest BCUT2D eigenvalue weighted by molar-refractivity contribution is -0.193. The highest BCUT2D eigenvalue weighted by atomic mass is 35.5. The number of carboxylic acid groups (broad SMARTS) is 2. The van der Waals surface area contributed by atoms with Gasteiger partial charge >= 0.3 is 30.3 Å². The minimum absolute atomic E-state index is 0.162. The third kappa shape index (κ3) is 13.3. The Hall–Kier alpha value is -4.32. The molecule has 1 aliphatic heterocycles. The lowest BCUT2D eigenvalue weighted by Gasteiger charge is -2.38. The average molecular weight is 660 g/mol. The number of piperazine rings is 1. The van der Waals surface area contributed by atoms with Crippen molar-refractivity contribution in [1.29, 1.82) is 0 Å². The molecule has 244 valence electrons. The Labute approximate surface area is 251 Å². The molecule has 19 heteroatoms. The number of halogens is 7. The molecule has 1 fully saturated rings. The van der Waals surface area contributed by atoms with E-state index in [1.807, 2.05) is 12.1 Å². The number of hydrogen-bond acceptors (Lipinski definition) is 7. The fraction of sp³-hybridized carbons (Fsp3) is 0.400. The maximum Gasteiger partial charge on any atom is 0.490 e. The maximum absolute atomic E-state index is 13.1. The quantitative estimate of drug-likeness (QED) is 0.338. The third-order valence-electron chi connectivity index (χ3n) is 5.60. The van der Waals surface area contributed by atoms with Gasteiger partial charge in [-0.1, -0.05) is 11.6 Å². The molecular weight excluding hydrogens is 632 g/mol. The first kappa shape index (κ1) is 37.7. The minimum atomic E-state index is -5.08. The van der Waals surface area contributed by atoms with Gasteiger partial charge in [-0.25, -0.2) is 14.4 Å². The van der Waals surface area contributed by atoms with Crippen LogP contribution in [0, 0.1) is 0 Å². The van der Waals surface area contributed by atoms with E-state index in [2.05, 4.69) is 20.5 Å². The second kappa shape index (κ2) is 17.1. The fourth-order valence-corrected chi connectivity index (χ4v) is 3.42. The van der Waals surface area contributed by atoms with E-state index in [0.29, 0.717) is 36.9 Å². The zero-order valence-corrected chi connectivity index (χ0v) is 23.8. The van der Waals surface area contributed by atoms with Crippen LogP contribution >= 0.6 is 11.6 Å². The van der Waals surface area contributed by atoms with Gasteiger partial charge in [0.25, 0.3) is 0 Å². The standard InChI is InChI=1S/C21H26ClN5O3.2C2HF3O2/c1-15(30-2)19(25-21(29)24-17-5-3-16(22)4-6-17)20(28)27-13-11-26(12-14-27)18-7-9-23-10-8-18;2*3-2(4,5)1(6)7/h3-10,15,19H,11-14H2,1-2H3,(H2,24,25,29);2*(H,6,7)/t15-,19-;;/m1../s1. The maximum atomic E-state index is 13.1. The van der Waals surface area contributed by atoms with Gasteiger partial charge in [0.2, 0.25) is 5.91 Å². The number of benzene rings is 1. The zero-order chi connectivity index (χ0) is 33.7. The van der Waals surface area contributed by atoms with Crippen LogP contribution in [0.15, 0.2) is 48.8 Å². The molecule has 1 aromatic carbocycles. The second-order valence-corrected chi connectivity index (χ2v) is 9.08. The van der Waals surface area contributed by atoms with Crippen molar-refractivity contribution < 1.29 is 60.5 Å². The smallest absolute Gasteiger partial charge is 0.475 e. The second-order valence-electron chi connectivity index (χ2n) is 8.65. The number of ether oxygens (including phenoxy) is 1. The van der Waals surface area contributed by atoms with Crippen LogP contribution < -0.4 is 15.5 Å². The molecule has 1 saturated heterocycles. The topological polar surface area (TPSA) is 161 Å². The number of aromatic nitrogens is 1. The Balaban J connectivity index is 0.000000574. The molecule has 2 aromatic rings. The molecule has 44 heavy (non-hydrogen) atoms. The number of carbonyl (C=O) groups excluding carboxylic acids is 2. The van der Waals surface area contributed by atoms with Gasteiger partial charge in [0, 0.05) is 62.1 Å². The molecule has 12 nitrogen and oxygen atoms in total. The SMILES string of the molecule is CO[C@H](C)[C@@H](NC(=O)Nc1ccc(Cl)cc1)C(=O)N1CCN(c2ccncc2)CC1.O=C(O)C(F)(F)F.O=C(O)C(F)(F)F. The number of amides is 3. The number of carbonyl (C=O) groups is 4. The van der Waals surface area contributed by atoms with Crippen LogP contribution in [0.25, 0.3) is 0 Å². The highest BCUT2D eigenvalue weighted by molar-refractivity contribution is 6.30. The number of urea groups is 1. The number of methoxy groups -OCH3 is 1. The summed E-state index contributed by atoms with van der Waals surface area (Å²) in [5, 5.41) is 20.3. The van der Waals surface area contributed by atoms with Crippen LogP contribution in [-0.2, 0) is 19.1 Å². The Bertz CT molecular complexity index is 1200. The number of nitrogens with one attached hydrogen (secondary N) is 2. The van der Waals surface area contributed by atoms with Crippen LogP contribution in [0.3, 0.4) is 0 Å². The van der Waals surface area contributed by atoms with Crippen molar-refractivity contribution in [3.63, 3.8) is 0 Å². The minimum Gasteiger partial charge on any atom is -0.475 e. The molecule has 1 aliphatic rings. The molecule has 4 N–H and O–H groups in total. The molecule has 0 saturated carbocycles. The lowest BCUT2D eigenvalue weighted by atomic mass is 10.1. The highest BCUT2D eigenvalue weighted by Gasteiger charge is 2.39. The number of anilines is 2. The summed E-state index contributed by atoms with van der Waals surface area (Å²) < 4.78 is 68.8. The van der Waals surface area contributed by atoms with Crippen LogP contribution in [0.2, 0.25) is 5.02 Å². The van der Waals surface area contributed by atoms with E-state index in [4.69, 9.17) is 36.1 Å². The van der Waals surface area contributed by atoms with Gasteiger partial charge in [-0.05, 0) is 43.3 Å². The summed E-state index contributed by atoms with van der Waals surface area (Å²) in [7, 11) is 1.52. The molecule has 0 spiro atoms. The first-order valence-corrected chi connectivity index (χ1v) is 12.6. The molecule has 2 heterocycles. The summed E-state index contributed by atoms with van der Waals surface area (Å²) in [6.45, 7) is 4.31. The van der Waals surface area contributed by atoms with E-state index in [9.17, 15) is 35.9 Å². The van der Waals surface area contributed by atoms with Gasteiger partial charge in [0.15, 0.2) is 0 Å². The molecule has 0 aliphatic carbocycles. The van der Waals surface area contributed by atoms with Crippen LogP contribution in [0.5, 0.6) is 0 Å². The number of pyridine rings is 1. The van der Waals surface area contributed by atoms with Crippen molar-refractivity contribution >= 4 is 46.9 Å². The van der Waals surface area contributed by atoms with E-state index >= 15 is 0 Å². The van der Waals surface area contributed by atoms with E-state index < -0.39 is 42.5 Å². The molecule has 1 aromatic heterocycles. The summed E-state index contributed by atoms with van der Waals surface area (Å²) >= 11 is 5.87. The average Bonchev–Trinajstić information content (AvgIpc) is 2.96. The Kier molecular flexibility index (Phi) is 14.6. The van der Waals surface area contributed by atoms with Crippen molar-refractivity contribution in [3.05, 3.63) is 53.8 Å². The summed E-state index contributed by atoms with van der Waals surface area (Å²) in [5.74, 6) is -5.68. The summed E-state index contributed by atoms with van der Waals surface area (Å²) in [5.41, 5.74) is 1.67. The largest absolute Gasteiger partial charge is 0.490 e. The molecule has 3 amide bonds. The Morgan fingerprint density at radius 3 is 1.75 bits per heavy atom. The van der Waals surface area contributed by atoms with E-state index in [1.54, 1.807) is 48.5 Å². The lowest BCUT2D eigenvalue weighted by Crippen LogP contribution is -2.58. The summed E-state index contributed by atoms with van der Waals surface area (Å²) in [4.78, 5) is 51.4. The van der Waals surface area contributed by atoms with E-state index in [-0.39, 0.29) is 5.91 Å². The number of carboxylic acids is 2. The van der Waals surface area contributed by atoms with Crippen LogP contribution in [-0.4, -0.2) is 102 Å². The van der Waals surface area contributed by atoms with Gasteiger partial charge < -0.3 is 35.4 Å². The monoisotopic (exact) mass is 659 g/mol. The highest BCUT2D eigenvalue weighted by Crippen LogP contribution is 2.17. The fourth-order valence-electron chi connectivity index (χ4n) is 3.29. The zero-order valence-electron chi connectivity index (χ0n) is 23.0. The third-order valence-corrected chi connectivity index (χ3v) is 5.85. The Morgan fingerprint density at radius 1 is 0.886 bits per heavy atom. The molecule has 0 bridgehead atoms. The summed E-state index contributed by atoms with van der Waals surface area (Å²) in [6.07, 6.45) is -7.13. The molecular formula is C25H28ClF6N5O7. The van der Waals surface area contributed by atoms with Crippen molar-refractivity contribution in [2.45, 2.75) is 31.4 Å². The van der Waals surface area contributed by atoms with Gasteiger partial charge in [-0.15, -0.1) is 0 Å². The number of rotatable bonds is 6. The number of hydrogen-bond donors (Lipinski definition) is 4. The van der Waals surface area contributed by atoms with Crippen molar-refractivity contribution in [3.8, 4) is 0 Å². The van der Waals surface area contributed by atoms with Gasteiger partial charge in [0.05, 0.1) is 6.10 Å². The normalized spacial score (nSPS) is 14.5. The van der Waals surface area contributed by atoms with E-state index in [1.165, 1.54) is 7.11 Å². The predicted octanol–water partition coefficient (Wildman–Crippen LogP) is 3.88. The molecule has 0 unspecified atom stereocenters. The first-order chi connectivity index (χ1) is 20.4. The number of aliphatic carboxylic acids is 2. The van der Waals surface area contributed by atoms with Crippen molar-refractivity contribution in [1.82, 2.24) is 15.2 Å². The van der Waals surface area contributed by atoms with Crippen LogP contribution in [0.4, 0.5) is 42.5 Å². The van der Waals surface area contributed by atoms with Crippen molar-refractivity contribution in [2.24, 2.45) is 0 Å². The van der Waals surface area contributed by atoms with Gasteiger partial charge in [-0.3, -0.25) is 9.78 Å². The molecule has 2 atom stereocenters. The Morgan fingerprint density at radius 2 is 1.34 bits per heavy atom. The van der Waals surface area contributed by atoms with E-state index in [0.717, 1.165) is 5.69 Å². The number of nitrogens with zero attached hydrogens (tertiary/aromatic N) is 3. The molecule has 0 radical (unpaired) electrons. The molecule has 3 rings (SSSR count). The van der Waals surface area contributed by atoms with Gasteiger partial charge in [0.1, 0.15) is 6.04 Å². The van der Waals surface area contributed by atoms with Gasteiger partial charge in [-0.2, -0.15) is 26.3 Å². The van der Waals surface area contributed by atoms with Crippen molar-refractivity contribution in [2.75, 3.05) is 43.5 Å².